The molecular formula is C21H24ClFN2O3S. The van der Waals surface area contributed by atoms with Crippen LogP contribution in [0.3, 0.4) is 0 Å². The van der Waals surface area contributed by atoms with Gasteiger partial charge in [-0.15, -0.1) is 0 Å². The van der Waals surface area contributed by atoms with Gasteiger partial charge in [0, 0.05) is 16.8 Å². The predicted molar refractivity (Wildman–Crippen MR) is 112 cm³/mol. The van der Waals surface area contributed by atoms with E-state index in [1.807, 2.05) is 13.8 Å². The van der Waals surface area contributed by atoms with E-state index in [4.69, 9.17) is 11.6 Å². The Morgan fingerprint density at radius 3 is 2.55 bits per heavy atom. The van der Waals surface area contributed by atoms with Gasteiger partial charge in [0.1, 0.15) is 5.82 Å². The van der Waals surface area contributed by atoms with Crippen LogP contribution < -0.4 is 10.0 Å². The summed E-state index contributed by atoms with van der Waals surface area (Å²) in [5, 5.41) is 3.02. The van der Waals surface area contributed by atoms with E-state index in [2.05, 4.69) is 10.0 Å². The highest BCUT2D eigenvalue weighted by Crippen LogP contribution is 2.26. The van der Waals surface area contributed by atoms with Gasteiger partial charge in [-0.3, -0.25) is 4.79 Å². The zero-order chi connectivity index (χ0) is 21.2. The zero-order valence-corrected chi connectivity index (χ0v) is 17.9. The van der Waals surface area contributed by atoms with E-state index in [9.17, 15) is 17.6 Å². The van der Waals surface area contributed by atoms with Crippen LogP contribution in [0.25, 0.3) is 0 Å². The fourth-order valence-corrected chi connectivity index (χ4v) is 5.06. The van der Waals surface area contributed by atoms with Crippen molar-refractivity contribution < 1.29 is 17.6 Å². The molecule has 0 spiro atoms. The third kappa shape index (κ3) is 5.15. The Balaban J connectivity index is 1.83. The van der Waals surface area contributed by atoms with Gasteiger partial charge in [-0.1, -0.05) is 37.4 Å². The Hall–Kier alpha value is -1.96. The van der Waals surface area contributed by atoms with Crippen LogP contribution in [0.4, 0.5) is 10.1 Å². The van der Waals surface area contributed by atoms with Gasteiger partial charge in [0.2, 0.25) is 10.0 Å². The van der Waals surface area contributed by atoms with Crippen molar-refractivity contribution in [2.45, 2.75) is 50.5 Å². The molecule has 1 amide bonds. The lowest BCUT2D eigenvalue weighted by atomic mass is 9.87. The number of amides is 1. The Kier molecular flexibility index (Phi) is 6.61. The topological polar surface area (TPSA) is 75.3 Å². The first kappa shape index (κ1) is 21.7. The standard InChI is InChI=1S/C21H24ClFN2O3S/c1-13-7-8-15(11-18(13)22)24-21(26)17-12-16(9-10-19(17)23)29(27,28)25-20-6-4-3-5-14(20)2/h7-12,14,20,25H,3-6H2,1-2H3,(H,24,26)/t14-,20+/m0/s1. The Labute approximate surface area is 175 Å². The number of aryl methyl sites for hydroxylation is 1. The number of rotatable bonds is 5. The van der Waals surface area contributed by atoms with Gasteiger partial charge < -0.3 is 5.32 Å². The normalized spacial score (nSPS) is 19.7. The summed E-state index contributed by atoms with van der Waals surface area (Å²) in [7, 11) is -3.87. The summed E-state index contributed by atoms with van der Waals surface area (Å²) < 4.78 is 42.6. The van der Waals surface area contributed by atoms with E-state index < -0.39 is 21.7 Å². The molecule has 0 heterocycles. The lowest BCUT2D eigenvalue weighted by Crippen LogP contribution is -2.41. The van der Waals surface area contributed by atoms with Gasteiger partial charge in [0.25, 0.3) is 5.91 Å². The molecule has 2 aromatic carbocycles. The number of sulfonamides is 1. The lowest BCUT2D eigenvalue weighted by Gasteiger charge is -2.29. The minimum atomic E-state index is -3.87. The molecule has 8 heteroatoms. The number of hydrogen-bond donors (Lipinski definition) is 2. The molecule has 0 unspecified atom stereocenters. The molecule has 1 saturated carbocycles. The predicted octanol–water partition coefficient (Wildman–Crippen LogP) is 4.90. The van der Waals surface area contributed by atoms with Crippen molar-refractivity contribution in [1.82, 2.24) is 4.72 Å². The van der Waals surface area contributed by atoms with Crippen molar-refractivity contribution in [2.75, 3.05) is 5.32 Å². The largest absolute Gasteiger partial charge is 0.322 e. The van der Waals surface area contributed by atoms with Crippen LogP contribution >= 0.6 is 11.6 Å². The highest BCUT2D eigenvalue weighted by molar-refractivity contribution is 7.89. The SMILES string of the molecule is Cc1ccc(NC(=O)c2cc(S(=O)(=O)N[C@@H]3CCCC[C@@H]3C)ccc2F)cc1Cl. The average Bonchev–Trinajstić information content (AvgIpc) is 2.66. The second-order valence-corrected chi connectivity index (χ2v) is 9.67. The molecule has 1 fully saturated rings. The van der Waals surface area contributed by atoms with Crippen LogP contribution in [0.2, 0.25) is 5.02 Å². The summed E-state index contributed by atoms with van der Waals surface area (Å²) in [4.78, 5) is 12.4. The first-order valence-corrected chi connectivity index (χ1v) is 11.4. The fourth-order valence-electron chi connectivity index (χ4n) is 3.47. The second kappa shape index (κ2) is 8.81. The van der Waals surface area contributed by atoms with Gasteiger partial charge >= 0.3 is 0 Å². The van der Waals surface area contributed by atoms with Gasteiger partial charge in [-0.05, 0) is 61.6 Å². The minimum Gasteiger partial charge on any atom is -0.322 e. The summed E-state index contributed by atoms with van der Waals surface area (Å²) in [5.41, 5.74) is 0.889. The number of halogens is 2. The van der Waals surface area contributed by atoms with Crippen molar-refractivity contribution in [1.29, 1.82) is 0 Å². The van der Waals surface area contributed by atoms with E-state index in [0.29, 0.717) is 10.7 Å². The Morgan fingerprint density at radius 1 is 1.14 bits per heavy atom. The van der Waals surface area contributed by atoms with Crippen molar-refractivity contribution in [3.8, 4) is 0 Å². The molecule has 0 aromatic heterocycles. The van der Waals surface area contributed by atoms with Crippen molar-refractivity contribution in [3.05, 3.63) is 58.4 Å². The van der Waals surface area contributed by atoms with Crippen LogP contribution in [0.5, 0.6) is 0 Å². The summed E-state index contributed by atoms with van der Waals surface area (Å²) in [5.74, 6) is -1.32. The van der Waals surface area contributed by atoms with Gasteiger partial charge in [-0.25, -0.2) is 17.5 Å². The number of nitrogens with one attached hydrogen (secondary N) is 2. The molecule has 2 aromatic rings. The Morgan fingerprint density at radius 2 is 1.86 bits per heavy atom. The van der Waals surface area contributed by atoms with E-state index >= 15 is 0 Å². The molecule has 1 aliphatic carbocycles. The first-order valence-electron chi connectivity index (χ1n) is 9.57. The molecule has 2 N–H and O–H groups in total. The first-order chi connectivity index (χ1) is 13.7. The molecule has 29 heavy (non-hydrogen) atoms. The van der Waals surface area contributed by atoms with Crippen molar-refractivity contribution in [2.24, 2.45) is 5.92 Å². The fraction of sp³-hybridized carbons (Fsp3) is 0.381. The van der Waals surface area contributed by atoms with E-state index in [0.717, 1.165) is 43.4 Å². The molecule has 0 saturated heterocycles. The number of hydrogen-bond acceptors (Lipinski definition) is 3. The monoisotopic (exact) mass is 438 g/mol. The summed E-state index contributed by atoms with van der Waals surface area (Å²) >= 11 is 6.05. The smallest absolute Gasteiger partial charge is 0.258 e. The number of benzene rings is 2. The summed E-state index contributed by atoms with van der Waals surface area (Å²) in [6.45, 7) is 3.84. The molecule has 3 rings (SSSR count). The highest BCUT2D eigenvalue weighted by Gasteiger charge is 2.27. The number of carbonyl (C=O) groups is 1. The molecule has 2 atom stereocenters. The average molecular weight is 439 g/mol. The van der Waals surface area contributed by atoms with Crippen LogP contribution in [-0.4, -0.2) is 20.4 Å². The van der Waals surface area contributed by atoms with Crippen LogP contribution in [0.15, 0.2) is 41.3 Å². The maximum atomic E-state index is 14.3. The van der Waals surface area contributed by atoms with E-state index in [-0.39, 0.29) is 22.4 Å². The highest BCUT2D eigenvalue weighted by atomic mass is 35.5. The maximum Gasteiger partial charge on any atom is 0.258 e. The third-order valence-electron chi connectivity index (χ3n) is 5.34. The van der Waals surface area contributed by atoms with Gasteiger partial charge in [0.15, 0.2) is 0 Å². The van der Waals surface area contributed by atoms with Crippen LogP contribution in [0.1, 0.15) is 48.5 Å². The van der Waals surface area contributed by atoms with E-state index in [1.165, 1.54) is 6.07 Å². The lowest BCUT2D eigenvalue weighted by molar-refractivity contribution is 0.102. The Bertz CT molecular complexity index is 1030. The van der Waals surface area contributed by atoms with Gasteiger partial charge in [0.05, 0.1) is 10.5 Å². The zero-order valence-electron chi connectivity index (χ0n) is 16.3. The van der Waals surface area contributed by atoms with Crippen molar-refractivity contribution >= 4 is 33.2 Å². The van der Waals surface area contributed by atoms with Crippen LogP contribution in [0, 0.1) is 18.7 Å². The molecule has 0 radical (unpaired) electrons. The quantitative estimate of drug-likeness (QED) is 0.697. The van der Waals surface area contributed by atoms with E-state index in [1.54, 1.807) is 18.2 Å². The molecule has 0 bridgehead atoms. The minimum absolute atomic E-state index is 0.135. The maximum absolute atomic E-state index is 14.3. The molecule has 156 valence electrons. The number of anilines is 1. The van der Waals surface area contributed by atoms with Crippen LogP contribution in [-0.2, 0) is 10.0 Å². The van der Waals surface area contributed by atoms with Crippen molar-refractivity contribution in [3.63, 3.8) is 0 Å². The summed E-state index contributed by atoms with van der Waals surface area (Å²) in [6, 6.07) is 8.00. The number of carbonyl (C=O) groups excluding carboxylic acids is 1. The molecule has 5 nitrogen and oxygen atoms in total. The summed E-state index contributed by atoms with van der Waals surface area (Å²) in [6.07, 6.45) is 3.78. The third-order valence-corrected chi connectivity index (χ3v) is 7.24. The molecular weight excluding hydrogens is 415 g/mol. The molecule has 0 aliphatic heterocycles. The second-order valence-electron chi connectivity index (χ2n) is 7.55. The van der Waals surface area contributed by atoms with Gasteiger partial charge in [-0.2, -0.15) is 0 Å². The molecule has 1 aliphatic rings.